The molecule has 0 saturated carbocycles. The molecule has 0 aliphatic carbocycles. The second-order valence-electron chi connectivity index (χ2n) is 6.88. The zero-order valence-corrected chi connectivity index (χ0v) is 15.7. The molecule has 0 unspecified atom stereocenters. The summed E-state index contributed by atoms with van der Waals surface area (Å²) >= 11 is 0. The van der Waals surface area contributed by atoms with Crippen LogP contribution in [0, 0.1) is 11.6 Å². The summed E-state index contributed by atoms with van der Waals surface area (Å²) in [5, 5.41) is 0.675. The first-order chi connectivity index (χ1) is 14.2. The topological polar surface area (TPSA) is 38.2 Å². The van der Waals surface area contributed by atoms with Crippen LogP contribution in [0.1, 0.15) is 5.56 Å². The van der Waals surface area contributed by atoms with E-state index in [1.54, 1.807) is 37.6 Å². The van der Waals surface area contributed by atoms with Crippen molar-refractivity contribution in [1.82, 2.24) is 9.97 Å². The molecule has 4 nitrogen and oxygen atoms in total. The Balaban J connectivity index is 1.79. The molecule has 6 heteroatoms. The molecule has 0 fully saturated rings. The number of hydrogen-bond donors (Lipinski definition) is 0. The van der Waals surface area contributed by atoms with Crippen LogP contribution in [-0.4, -0.2) is 23.6 Å². The van der Waals surface area contributed by atoms with E-state index in [1.165, 1.54) is 6.07 Å². The molecule has 0 radical (unpaired) electrons. The van der Waals surface area contributed by atoms with Crippen molar-refractivity contribution in [1.29, 1.82) is 0 Å². The van der Waals surface area contributed by atoms with Crippen molar-refractivity contribution in [2.24, 2.45) is 0 Å². The zero-order chi connectivity index (χ0) is 20.0. The molecule has 1 aliphatic rings. The van der Waals surface area contributed by atoms with Crippen LogP contribution >= 0.6 is 0 Å². The van der Waals surface area contributed by atoms with Crippen LogP contribution < -0.4 is 9.64 Å². The average Bonchev–Trinajstić information content (AvgIpc) is 3.16. The summed E-state index contributed by atoms with van der Waals surface area (Å²) in [5.74, 6) is -0.589. The molecule has 0 amide bonds. The maximum Gasteiger partial charge on any atom is 0.215 e. The minimum Gasteiger partial charge on any atom is -0.481 e. The van der Waals surface area contributed by atoms with Crippen molar-refractivity contribution in [3.63, 3.8) is 0 Å². The Morgan fingerprint density at radius 3 is 2.66 bits per heavy atom. The van der Waals surface area contributed by atoms with Gasteiger partial charge in [0.2, 0.25) is 5.88 Å². The van der Waals surface area contributed by atoms with Crippen LogP contribution in [0.4, 0.5) is 20.2 Å². The molecule has 2 aromatic heterocycles. The highest BCUT2D eigenvalue weighted by molar-refractivity contribution is 5.97. The molecule has 29 heavy (non-hydrogen) atoms. The van der Waals surface area contributed by atoms with Gasteiger partial charge in [-0.1, -0.05) is 30.3 Å². The average molecular weight is 389 g/mol. The lowest BCUT2D eigenvalue weighted by atomic mass is 10.1. The fourth-order valence-electron chi connectivity index (χ4n) is 3.86. The highest BCUT2D eigenvalue weighted by Crippen LogP contribution is 2.42. The van der Waals surface area contributed by atoms with Crippen molar-refractivity contribution in [3.05, 3.63) is 78.0 Å². The van der Waals surface area contributed by atoms with Crippen molar-refractivity contribution < 1.29 is 13.5 Å². The van der Waals surface area contributed by atoms with Crippen LogP contribution in [0.15, 0.2) is 60.8 Å². The van der Waals surface area contributed by atoms with Gasteiger partial charge in [0.1, 0.15) is 11.5 Å². The first-order valence-electron chi connectivity index (χ1n) is 9.31. The maximum atomic E-state index is 15.9. The summed E-state index contributed by atoms with van der Waals surface area (Å²) in [7, 11) is 1.55. The van der Waals surface area contributed by atoms with E-state index < -0.39 is 11.6 Å². The lowest BCUT2D eigenvalue weighted by molar-refractivity contribution is 0.398. The normalized spacial score (nSPS) is 13.0. The van der Waals surface area contributed by atoms with Gasteiger partial charge < -0.3 is 9.64 Å². The van der Waals surface area contributed by atoms with E-state index >= 15 is 4.39 Å². The lowest BCUT2D eigenvalue weighted by Crippen LogP contribution is -2.16. The predicted molar refractivity (Wildman–Crippen MR) is 109 cm³/mol. The van der Waals surface area contributed by atoms with Gasteiger partial charge >= 0.3 is 0 Å². The Labute approximate surface area is 166 Å². The first kappa shape index (κ1) is 17.6. The molecule has 0 atom stereocenters. The number of anilines is 2. The van der Waals surface area contributed by atoms with Crippen LogP contribution in [0.3, 0.4) is 0 Å². The second kappa shape index (κ2) is 6.81. The van der Waals surface area contributed by atoms with E-state index in [0.717, 1.165) is 17.7 Å². The number of para-hydroxylation sites is 1. The smallest absolute Gasteiger partial charge is 0.215 e. The number of halogens is 2. The predicted octanol–water partition coefficient (Wildman–Crippen LogP) is 5.28. The molecule has 0 spiro atoms. The Morgan fingerprint density at radius 1 is 1.03 bits per heavy atom. The number of methoxy groups -OCH3 is 1. The number of fused-ring (bicyclic) bond motifs is 2. The monoisotopic (exact) mass is 389 g/mol. The van der Waals surface area contributed by atoms with Crippen LogP contribution in [0.5, 0.6) is 5.88 Å². The number of benzene rings is 2. The highest BCUT2D eigenvalue weighted by Gasteiger charge is 2.28. The second-order valence-corrected chi connectivity index (χ2v) is 6.88. The van der Waals surface area contributed by atoms with Gasteiger partial charge in [-0.05, 0) is 30.2 Å². The third-order valence-corrected chi connectivity index (χ3v) is 5.25. The van der Waals surface area contributed by atoms with Gasteiger partial charge in [-0.2, -0.15) is 0 Å². The van der Waals surface area contributed by atoms with E-state index in [9.17, 15) is 4.39 Å². The van der Waals surface area contributed by atoms with Gasteiger partial charge in [0.25, 0.3) is 0 Å². The Hall–Kier alpha value is -3.54. The number of rotatable bonds is 3. The van der Waals surface area contributed by atoms with Gasteiger partial charge in [0.15, 0.2) is 5.82 Å². The Kier molecular flexibility index (Phi) is 4.12. The summed E-state index contributed by atoms with van der Waals surface area (Å²) in [6.07, 6.45) is 2.49. The molecule has 0 N–H and O–H groups in total. The number of pyridine rings is 2. The summed E-state index contributed by atoms with van der Waals surface area (Å²) < 4.78 is 35.6. The molecule has 2 aromatic carbocycles. The van der Waals surface area contributed by atoms with Gasteiger partial charge in [-0.15, -0.1) is 0 Å². The summed E-state index contributed by atoms with van der Waals surface area (Å²) in [6.45, 7) is 0.589. The minimum atomic E-state index is -0.544. The van der Waals surface area contributed by atoms with E-state index in [1.807, 2.05) is 29.2 Å². The molecule has 4 aromatic rings. The van der Waals surface area contributed by atoms with Gasteiger partial charge in [-0.25, -0.2) is 18.7 Å². The number of hydrogen-bond acceptors (Lipinski definition) is 4. The summed E-state index contributed by atoms with van der Waals surface area (Å²) in [4.78, 5) is 10.6. The van der Waals surface area contributed by atoms with Gasteiger partial charge in [0, 0.05) is 29.8 Å². The van der Waals surface area contributed by atoms with Crippen LogP contribution in [-0.2, 0) is 6.42 Å². The van der Waals surface area contributed by atoms with Crippen LogP contribution in [0.25, 0.3) is 22.2 Å². The van der Waals surface area contributed by atoms with E-state index in [4.69, 9.17) is 4.74 Å². The third-order valence-electron chi connectivity index (χ3n) is 5.25. The fraction of sp³-hybridized carbons (Fsp3) is 0.130. The number of nitrogens with zero attached hydrogens (tertiary/aromatic N) is 3. The van der Waals surface area contributed by atoms with Crippen molar-refractivity contribution >= 4 is 22.3 Å². The molecule has 144 valence electrons. The van der Waals surface area contributed by atoms with Gasteiger partial charge in [0.05, 0.1) is 24.0 Å². The van der Waals surface area contributed by atoms with E-state index in [0.29, 0.717) is 29.0 Å². The fourth-order valence-corrected chi connectivity index (χ4v) is 3.86. The quantitative estimate of drug-likeness (QED) is 0.478. The van der Waals surface area contributed by atoms with E-state index in [-0.39, 0.29) is 11.3 Å². The van der Waals surface area contributed by atoms with E-state index in [2.05, 4.69) is 9.97 Å². The molecule has 3 heterocycles. The minimum absolute atomic E-state index is 0.00581. The SMILES string of the molecule is COc1cc2c(cn1)CCN2c1c(F)c(-c2ccccc2F)nc2ccccc12. The summed E-state index contributed by atoms with van der Waals surface area (Å²) in [5.41, 5.74) is 3.00. The molecule has 5 rings (SSSR count). The first-order valence-corrected chi connectivity index (χ1v) is 9.31. The van der Waals surface area contributed by atoms with Crippen molar-refractivity contribution in [2.45, 2.75) is 6.42 Å². The standard InChI is InChI=1S/C23H17F2N3O/c1-29-20-12-19-14(13-26-20)10-11-28(19)23-16-7-3-5-9-18(16)27-22(21(23)25)15-6-2-4-8-17(15)24/h2-9,12-13H,10-11H2,1H3. The van der Waals surface area contributed by atoms with Crippen molar-refractivity contribution in [2.75, 3.05) is 18.6 Å². The largest absolute Gasteiger partial charge is 0.481 e. The molecule has 0 saturated heterocycles. The zero-order valence-electron chi connectivity index (χ0n) is 15.7. The number of aromatic nitrogens is 2. The van der Waals surface area contributed by atoms with Gasteiger partial charge in [-0.3, -0.25) is 0 Å². The van der Waals surface area contributed by atoms with Crippen LogP contribution in [0.2, 0.25) is 0 Å². The Bertz CT molecular complexity index is 1240. The molecule has 1 aliphatic heterocycles. The Morgan fingerprint density at radius 2 is 1.83 bits per heavy atom. The number of ether oxygens (including phenoxy) is 1. The maximum absolute atomic E-state index is 15.9. The molecule has 0 bridgehead atoms. The van der Waals surface area contributed by atoms with Crippen molar-refractivity contribution in [3.8, 4) is 17.1 Å². The third kappa shape index (κ3) is 2.79. The molecular formula is C23H17F2N3O. The lowest BCUT2D eigenvalue weighted by Gasteiger charge is -2.23. The molecular weight excluding hydrogens is 372 g/mol. The highest BCUT2D eigenvalue weighted by atomic mass is 19.1. The summed E-state index contributed by atoms with van der Waals surface area (Å²) in [6, 6.07) is 15.3.